The first-order valence-corrected chi connectivity index (χ1v) is 10.2. The van der Waals surface area contributed by atoms with Crippen LogP contribution in [0.25, 0.3) is 0 Å². The van der Waals surface area contributed by atoms with Crippen LogP contribution < -0.4 is 10.6 Å². The normalized spacial score (nSPS) is 35.6. The molecule has 0 aromatic carbocycles. The summed E-state index contributed by atoms with van der Waals surface area (Å²) in [6.07, 6.45) is 4.42. The number of rotatable bonds is 5. The van der Waals surface area contributed by atoms with E-state index >= 15 is 0 Å². The van der Waals surface area contributed by atoms with E-state index in [4.69, 9.17) is 4.74 Å². The molecule has 0 spiro atoms. The van der Waals surface area contributed by atoms with Gasteiger partial charge in [0, 0.05) is 25.7 Å². The lowest BCUT2D eigenvalue weighted by Crippen LogP contribution is -2.42. The first-order valence-electron chi connectivity index (χ1n) is 8.39. The number of halogens is 1. The Kier molecular flexibility index (Phi) is 6.97. The Labute approximate surface area is 156 Å². The summed E-state index contributed by atoms with van der Waals surface area (Å²) in [5, 5.41) is 6.81. The van der Waals surface area contributed by atoms with Crippen molar-refractivity contribution < 1.29 is 13.2 Å². The maximum Gasteiger partial charge on any atom is 0.191 e. The Morgan fingerprint density at radius 2 is 2.13 bits per heavy atom. The molecular formula is C15H28IN3O3S. The first-order chi connectivity index (χ1) is 10.5. The van der Waals surface area contributed by atoms with E-state index in [2.05, 4.69) is 22.5 Å². The molecular weight excluding hydrogens is 429 g/mol. The minimum atomic E-state index is -2.82. The quantitative estimate of drug-likeness (QED) is 0.368. The standard InChI is InChI=1S/C15H27N3O3S.HI/c1-11-7-14(11)18-15(17-9-13-3-2-5-21-13)16-8-12-4-6-22(19,20)10-12;/h11-14H,2-10H2,1H3,(H2,16,17,18);1H. The smallest absolute Gasteiger partial charge is 0.191 e. The summed E-state index contributed by atoms with van der Waals surface area (Å²) in [6, 6.07) is 0.503. The van der Waals surface area contributed by atoms with Crippen molar-refractivity contribution in [1.82, 2.24) is 10.6 Å². The van der Waals surface area contributed by atoms with E-state index in [1.165, 1.54) is 6.42 Å². The number of hydrogen-bond donors (Lipinski definition) is 2. The summed E-state index contributed by atoms with van der Waals surface area (Å²) in [7, 11) is -2.82. The third-order valence-corrected chi connectivity index (χ3v) is 6.62. The Morgan fingerprint density at radius 1 is 1.35 bits per heavy atom. The van der Waals surface area contributed by atoms with Gasteiger partial charge >= 0.3 is 0 Å². The fourth-order valence-electron chi connectivity index (χ4n) is 3.10. The molecule has 2 N–H and O–H groups in total. The van der Waals surface area contributed by atoms with E-state index in [1.54, 1.807) is 0 Å². The monoisotopic (exact) mass is 457 g/mol. The molecule has 6 nitrogen and oxygen atoms in total. The van der Waals surface area contributed by atoms with Crippen molar-refractivity contribution in [2.75, 3.05) is 31.2 Å². The lowest BCUT2D eigenvalue weighted by Gasteiger charge is -2.16. The van der Waals surface area contributed by atoms with Gasteiger partial charge in [0.15, 0.2) is 15.8 Å². The van der Waals surface area contributed by atoms with E-state index in [1.807, 2.05) is 0 Å². The molecule has 1 saturated carbocycles. The summed E-state index contributed by atoms with van der Waals surface area (Å²) in [4.78, 5) is 4.62. The van der Waals surface area contributed by atoms with E-state index in [0.717, 1.165) is 38.4 Å². The molecule has 2 heterocycles. The third kappa shape index (κ3) is 6.04. The molecule has 3 aliphatic rings. The molecule has 8 heteroatoms. The minimum Gasteiger partial charge on any atom is -0.376 e. The van der Waals surface area contributed by atoms with Gasteiger partial charge in [0.25, 0.3) is 0 Å². The van der Waals surface area contributed by atoms with Crippen LogP contribution in [0.15, 0.2) is 4.99 Å². The van der Waals surface area contributed by atoms with Crippen LogP contribution in [0.4, 0.5) is 0 Å². The van der Waals surface area contributed by atoms with Crippen molar-refractivity contribution in [3.63, 3.8) is 0 Å². The van der Waals surface area contributed by atoms with Gasteiger partial charge in [-0.3, -0.25) is 4.99 Å². The predicted octanol–water partition coefficient (Wildman–Crippen LogP) is 1.16. The summed E-state index contributed by atoms with van der Waals surface area (Å²) in [5.41, 5.74) is 0. The van der Waals surface area contributed by atoms with Gasteiger partial charge in [0.1, 0.15) is 0 Å². The van der Waals surface area contributed by atoms with Crippen molar-refractivity contribution in [2.24, 2.45) is 16.8 Å². The van der Waals surface area contributed by atoms with Gasteiger partial charge in [0.05, 0.1) is 17.6 Å². The second kappa shape index (κ2) is 8.33. The second-order valence-corrected chi connectivity index (χ2v) is 9.17. The van der Waals surface area contributed by atoms with Gasteiger partial charge in [0.2, 0.25) is 0 Å². The molecule has 3 rings (SSSR count). The third-order valence-electron chi connectivity index (χ3n) is 4.79. The molecule has 4 unspecified atom stereocenters. The maximum atomic E-state index is 11.5. The molecule has 0 radical (unpaired) electrons. The molecule has 0 aromatic rings. The molecule has 0 amide bonds. The van der Waals surface area contributed by atoms with Crippen LogP contribution >= 0.6 is 24.0 Å². The van der Waals surface area contributed by atoms with Crippen molar-refractivity contribution in [1.29, 1.82) is 0 Å². The fraction of sp³-hybridized carbons (Fsp3) is 0.933. The van der Waals surface area contributed by atoms with Crippen molar-refractivity contribution in [3.8, 4) is 0 Å². The highest BCUT2D eigenvalue weighted by Crippen LogP contribution is 2.28. The van der Waals surface area contributed by atoms with Crippen LogP contribution in [0, 0.1) is 11.8 Å². The van der Waals surface area contributed by atoms with Crippen molar-refractivity contribution in [3.05, 3.63) is 0 Å². The average Bonchev–Trinajstić information content (AvgIpc) is 2.89. The summed E-state index contributed by atoms with van der Waals surface area (Å²) in [6.45, 7) is 4.43. The maximum absolute atomic E-state index is 11.5. The van der Waals surface area contributed by atoms with E-state index in [9.17, 15) is 8.42 Å². The van der Waals surface area contributed by atoms with E-state index in [0.29, 0.717) is 24.3 Å². The Hall–Kier alpha value is -0.0900. The highest BCUT2D eigenvalue weighted by Gasteiger charge is 2.33. The first kappa shape index (κ1) is 19.2. The number of nitrogens with one attached hydrogen (secondary N) is 2. The van der Waals surface area contributed by atoms with Gasteiger partial charge in [-0.05, 0) is 37.5 Å². The van der Waals surface area contributed by atoms with Crippen molar-refractivity contribution >= 4 is 39.8 Å². The van der Waals surface area contributed by atoms with Gasteiger partial charge in [-0.15, -0.1) is 24.0 Å². The molecule has 0 bridgehead atoms. The number of nitrogens with zero attached hydrogens (tertiary/aromatic N) is 1. The SMILES string of the molecule is CC1CC1NC(=NCC1CCS(=O)(=O)C1)NCC1CCCO1.I. The molecule has 2 saturated heterocycles. The Balaban J connectivity index is 0.00000192. The van der Waals surface area contributed by atoms with Gasteiger partial charge < -0.3 is 15.4 Å². The van der Waals surface area contributed by atoms with Crippen LogP contribution in [0.5, 0.6) is 0 Å². The lowest BCUT2D eigenvalue weighted by atomic mass is 10.1. The average molecular weight is 457 g/mol. The minimum absolute atomic E-state index is 0. The van der Waals surface area contributed by atoms with E-state index < -0.39 is 9.84 Å². The molecule has 2 aliphatic heterocycles. The zero-order chi connectivity index (χ0) is 15.6. The van der Waals surface area contributed by atoms with Gasteiger partial charge in [-0.1, -0.05) is 6.92 Å². The van der Waals surface area contributed by atoms with Crippen LogP contribution in [-0.4, -0.2) is 57.7 Å². The Morgan fingerprint density at radius 3 is 2.70 bits per heavy atom. The van der Waals surface area contributed by atoms with Gasteiger partial charge in [-0.2, -0.15) is 0 Å². The topological polar surface area (TPSA) is 79.8 Å². The van der Waals surface area contributed by atoms with Crippen LogP contribution in [0.3, 0.4) is 0 Å². The van der Waals surface area contributed by atoms with Gasteiger partial charge in [-0.25, -0.2) is 8.42 Å². The highest BCUT2D eigenvalue weighted by molar-refractivity contribution is 14.0. The highest BCUT2D eigenvalue weighted by atomic mass is 127. The second-order valence-electron chi connectivity index (χ2n) is 6.94. The largest absolute Gasteiger partial charge is 0.376 e. The van der Waals surface area contributed by atoms with E-state index in [-0.39, 0.29) is 41.8 Å². The molecule has 0 aromatic heterocycles. The number of guanidine groups is 1. The van der Waals surface area contributed by atoms with Crippen molar-refractivity contribution in [2.45, 2.75) is 44.8 Å². The van der Waals surface area contributed by atoms with Crippen LogP contribution in [0.1, 0.15) is 32.6 Å². The van der Waals surface area contributed by atoms with Crippen LogP contribution in [0.2, 0.25) is 0 Å². The molecule has 3 fully saturated rings. The molecule has 134 valence electrons. The number of aliphatic imine (C=N–C) groups is 1. The lowest BCUT2D eigenvalue weighted by molar-refractivity contribution is 0.113. The molecule has 1 aliphatic carbocycles. The fourth-order valence-corrected chi connectivity index (χ4v) is 4.95. The Bertz CT molecular complexity index is 520. The number of hydrogen-bond acceptors (Lipinski definition) is 4. The summed E-state index contributed by atoms with van der Waals surface area (Å²) >= 11 is 0. The number of sulfone groups is 1. The predicted molar refractivity (Wildman–Crippen MR) is 102 cm³/mol. The summed E-state index contributed by atoms with van der Waals surface area (Å²) < 4.78 is 28.7. The molecule has 4 atom stereocenters. The van der Waals surface area contributed by atoms with Crippen LogP contribution in [-0.2, 0) is 14.6 Å². The zero-order valence-corrected chi connectivity index (χ0v) is 16.8. The summed E-state index contributed by atoms with van der Waals surface area (Å²) in [5.74, 6) is 2.28. The zero-order valence-electron chi connectivity index (χ0n) is 13.7. The number of ether oxygens (including phenoxy) is 1. The molecule has 23 heavy (non-hydrogen) atoms.